The number of hydrogen-bond donors (Lipinski definition) is 1. The lowest BCUT2D eigenvalue weighted by Gasteiger charge is -2.10. The molecule has 1 aromatic carbocycles. The van der Waals surface area contributed by atoms with Gasteiger partial charge >= 0.3 is 0 Å². The van der Waals surface area contributed by atoms with Crippen molar-refractivity contribution < 1.29 is 9.57 Å². The molecule has 21 heavy (non-hydrogen) atoms. The Labute approximate surface area is 135 Å². The number of benzene rings is 1. The summed E-state index contributed by atoms with van der Waals surface area (Å²) in [4.78, 5) is 12.6. The molecular weight excluding hydrogens is 360 g/mol. The summed E-state index contributed by atoms with van der Waals surface area (Å²) in [5.41, 5.74) is 7.04. The first-order valence-electron chi connectivity index (χ1n) is 5.85. The van der Waals surface area contributed by atoms with Gasteiger partial charge in [-0.25, -0.2) is 9.97 Å². The number of nitrogens with zero attached hydrogens (tertiary/aromatic N) is 3. The summed E-state index contributed by atoms with van der Waals surface area (Å²) in [7, 11) is 1.43. The Kier molecular flexibility index (Phi) is 5.35. The molecule has 0 amide bonds. The molecule has 110 valence electrons. The van der Waals surface area contributed by atoms with Crippen molar-refractivity contribution >= 4 is 39.6 Å². The number of hydrogen-bond acceptors (Lipinski definition) is 6. The van der Waals surface area contributed by atoms with Gasteiger partial charge in [-0.3, -0.25) is 0 Å². The van der Waals surface area contributed by atoms with Gasteiger partial charge in [-0.05, 0) is 18.2 Å². The van der Waals surface area contributed by atoms with E-state index in [1.807, 2.05) is 12.1 Å². The quantitative estimate of drug-likeness (QED) is 0.645. The lowest BCUT2D eigenvalue weighted by molar-refractivity contribution is 0.215. The fraction of sp³-hybridized carbons (Fsp3) is 0.154. The Balaban J connectivity index is 2.22. The van der Waals surface area contributed by atoms with Crippen LogP contribution in [0.2, 0.25) is 5.02 Å². The van der Waals surface area contributed by atoms with Gasteiger partial charge < -0.3 is 15.3 Å². The molecule has 0 aliphatic heterocycles. The highest BCUT2D eigenvalue weighted by Crippen LogP contribution is 2.24. The minimum absolute atomic E-state index is 0.239. The Morgan fingerprint density at radius 2 is 2.24 bits per heavy atom. The lowest BCUT2D eigenvalue weighted by Crippen LogP contribution is -2.05. The van der Waals surface area contributed by atoms with Crippen LogP contribution in [0.5, 0.6) is 5.88 Å². The molecule has 0 spiro atoms. The van der Waals surface area contributed by atoms with Crippen LogP contribution < -0.4 is 10.5 Å². The smallest absolute Gasteiger partial charge is 0.228 e. The second-order valence-electron chi connectivity index (χ2n) is 3.92. The van der Waals surface area contributed by atoms with E-state index >= 15 is 0 Å². The molecule has 1 aromatic heterocycles. The molecule has 6 nitrogen and oxygen atoms in total. The van der Waals surface area contributed by atoms with Gasteiger partial charge in [0.25, 0.3) is 0 Å². The van der Waals surface area contributed by atoms with E-state index in [4.69, 9.17) is 22.1 Å². The standard InChI is InChI=1S/C13H12BrClN4O2/c1-20-19-5-10-12(16)17-7-18-13(10)21-6-8-4-9(14)2-3-11(8)15/h2-5,7H,6H2,1H3,(H2,16,17,18)/b19-5-. The van der Waals surface area contributed by atoms with Gasteiger partial charge in [0.05, 0.1) is 6.21 Å². The molecule has 8 heteroatoms. The van der Waals surface area contributed by atoms with E-state index < -0.39 is 0 Å². The Morgan fingerprint density at radius 1 is 1.43 bits per heavy atom. The molecule has 0 unspecified atom stereocenters. The summed E-state index contributed by atoms with van der Waals surface area (Å²) in [6.07, 6.45) is 2.71. The lowest BCUT2D eigenvalue weighted by atomic mass is 10.2. The fourth-order valence-electron chi connectivity index (χ4n) is 1.53. The summed E-state index contributed by atoms with van der Waals surface area (Å²) in [6, 6.07) is 5.51. The number of nitrogen functional groups attached to an aromatic ring is 1. The second kappa shape index (κ2) is 7.24. The zero-order valence-electron chi connectivity index (χ0n) is 11.1. The number of aromatic nitrogens is 2. The Morgan fingerprint density at radius 3 is 3.00 bits per heavy atom. The minimum Gasteiger partial charge on any atom is -0.472 e. The molecule has 2 aromatic rings. The molecule has 0 saturated heterocycles. The average molecular weight is 372 g/mol. The number of nitrogens with two attached hydrogens (primary N) is 1. The zero-order valence-corrected chi connectivity index (χ0v) is 13.4. The van der Waals surface area contributed by atoms with E-state index in [0.29, 0.717) is 16.5 Å². The summed E-state index contributed by atoms with van der Waals surface area (Å²) in [6.45, 7) is 0.239. The predicted octanol–water partition coefficient (Wildman–Crippen LogP) is 3.03. The number of anilines is 1. The number of halogens is 2. The zero-order chi connectivity index (χ0) is 15.2. The summed E-state index contributed by atoms with van der Waals surface area (Å²) >= 11 is 9.50. The maximum Gasteiger partial charge on any atom is 0.228 e. The van der Waals surface area contributed by atoms with Crippen molar-refractivity contribution in [3.8, 4) is 5.88 Å². The van der Waals surface area contributed by atoms with Crippen LogP contribution in [-0.2, 0) is 11.4 Å². The van der Waals surface area contributed by atoms with Crippen LogP contribution in [0, 0.1) is 0 Å². The van der Waals surface area contributed by atoms with Crippen LogP contribution in [0.3, 0.4) is 0 Å². The van der Waals surface area contributed by atoms with E-state index in [0.717, 1.165) is 10.0 Å². The molecule has 0 fully saturated rings. The monoisotopic (exact) mass is 370 g/mol. The normalized spacial score (nSPS) is 10.8. The maximum absolute atomic E-state index is 6.11. The highest BCUT2D eigenvalue weighted by molar-refractivity contribution is 9.10. The summed E-state index contributed by atoms with van der Waals surface area (Å²) < 4.78 is 6.56. The highest BCUT2D eigenvalue weighted by Gasteiger charge is 2.10. The average Bonchev–Trinajstić information content (AvgIpc) is 2.47. The third-order valence-electron chi connectivity index (χ3n) is 2.54. The molecule has 0 saturated carbocycles. The van der Waals surface area contributed by atoms with Crippen molar-refractivity contribution in [3.05, 3.63) is 45.1 Å². The van der Waals surface area contributed by atoms with Crippen LogP contribution in [0.15, 0.2) is 34.2 Å². The number of ether oxygens (including phenoxy) is 1. The van der Waals surface area contributed by atoms with E-state index in [2.05, 4.69) is 35.9 Å². The van der Waals surface area contributed by atoms with E-state index in [1.165, 1.54) is 19.7 Å². The van der Waals surface area contributed by atoms with Crippen LogP contribution in [0.1, 0.15) is 11.1 Å². The van der Waals surface area contributed by atoms with Crippen molar-refractivity contribution in [1.29, 1.82) is 0 Å². The van der Waals surface area contributed by atoms with Crippen molar-refractivity contribution in [2.45, 2.75) is 6.61 Å². The Hall–Kier alpha value is -1.86. The summed E-state index contributed by atoms with van der Waals surface area (Å²) in [5.74, 6) is 0.556. The van der Waals surface area contributed by atoms with Crippen molar-refractivity contribution in [2.24, 2.45) is 5.16 Å². The van der Waals surface area contributed by atoms with Gasteiger partial charge in [-0.15, -0.1) is 0 Å². The van der Waals surface area contributed by atoms with E-state index in [-0.39, 0.29) is 12.4 Å². The van der Waals surface area contributed by atoms with Crippen LogP contribution >= 0.6 is 27.5 Å². The van der Waals surface area contributed by atoms with Gasteiger partial charge in [0.15, 0.2) is 0 Å². The number of rotatable bonds is 5. The molecule has 0 bridgehead atoms. The highest BCUT2D eigenvalue weighted by atomic mass is 79.9. The van der Waals surface area contributed by atoms with Crippen molar-refractivity contribution in [1.82, 2.24) is 9.97 Å². The van der Waals surface area contributed by atoms with Gasteiger partial charge in [-0.2, -0.15) is 0 Å². The van der Waals surface area contributed by atoms with Crippen LogP contribution in [0.4, 0.5) is 5.82 Å². The van der Waals surface area contributed by atoms with Crippen molar-refractivity contribution in [3.63, 3.8) is 0 Å². The van der Waals surface area contributed by atoms with Crippen LogP contribution in [0.25, 0.3) is 0 Å². The second-order valence-corrected chi connectivity index (χ2v) is 5.24. The Bertz CT molecular complexity index is 667. The maximum atomic E-state index is 6.11. The van der Waals surface area contributed by atoms with E-state index in [9.17, 15) is 0 Å². The van der Waals surface area contributed by atoms with Gasteiger partial charge in [0, 0.05) is 15.1 Å². The topological polar surface area (TPSA) is 82.6 Å². The first-order chi connectivity index (χ1) is 10.1. The molecule has 0 aliphatic carbocycles. The molecule has 0 radical (unpaired) electrons. The molecule has 0 aliphatic rings. The molecule has 0 atom stereocenters. The predicted molar refractivity (Wildman–Crippen MR) is 84.5 cm³/mol. The van der Waals surface area contributed by atoms with Crippen LogP contribution in [-0.4, -0.2) is 23.3 Å². The third-order valence-corrected chi connectivity index (χ3v) is 3.40. The SMILES string of the molecule is CO/N=C\c1c(N)ncnc1OCc1cc(Br)ccc1Cl. The first kappa shape index (κ1) is 15.5. The third kappa shape index (κ3) is 4.05. The van der Waals surface area contributed by atoms with Crippen molar-refractivity contribution in [2.75, 3.05) is 12.8 Å². The molecule has 2 N–H and O–H groups in total. The first-order valence-corrected chi connectivity index (χ1v) is 7.02. The fourth-order valence-corrected chi connectivity index (χ4v) is 2.11. The summed E-state index contributed by atoms with van der Waals surface area (Å²) in [5, 5.41) is 4.26. The minimum atomic E-state index is 0.239. The van der Waals surface area contributed by atoms with Gasteiger partial charge in [0.1, 0.15) is 31.4 Å². The largest absolute Gasteiger partial charge is 0.472 e. The van der Waals surface area contributed by atoms with E-state index in [1.54, 1.807) is 6.07 Å². The number of oxime groups is 1. The molecule has 1 heterocycles. The molecule has 2 rings (SSSR count). The van der Waals surface area contributed by atoms with Gasteiger partial charge in [0.2, 0.25) is 5.88 Å². The van der Waals surface area contributed by atoms with Gasteiger partial charge in [-0.1, -0.05) is 32.7 Å². The molecular formula is C13H12BrClN4O2.